The van der Waals surface area contributed by atoms with Crippen LogP contribution >= 0.6 is 12.6 Å². The first-order valence-corrected chi connectivity index (χ1v) is 6.45. The van der Waals surface area contributed by atoms with Crippen molar-refractivity contribution in [3.05, 3.63) is 59.7 Å². The van der Waals surface area contributed by atoms with Gasteiger partial charge in [0.15, 0.2) is 0 Å². The molecule has 0 aliphatic heterocycles. The fraction of sp³-hybridized carbons (Fsp3) is 0.133. The van der Waals surface area contributed by atoms with Gasteiger partial charge in [-0.3, -0.25) is 4.79 Å². The van der Waals surface area contributed by atoms with E-state index in [0.29, 0.717) is 12.1 Å². The highest BCUT2D eigenvalue weighted by Crippen LogP contribution is 2.10. The molecule has 2 N–H and O–H groups in total. The van der Waals surface area contributed by atoms with Crippen molar-refractivity contribution in [2.24, 2.45) is 0 Å². The van der Waals surface area contributed by atoms with Gasteiger partial charge < -0.3 is 10.4 Å². The lowest BCUT2D eigenvalue weighted by molar-refractivity contribution is 0.0954. The molecule has 0 radical (unpaired) electrons. The number of benzene rings is 2. The summed E-state index contributed by atoms with van der Waals surface area (Å²) in [6.45, 7) is 0.556. The largest absolute Gasteiger partial charge is 0.508 e. The van der Waals surface area contributed by atoms with Crippen molar-refractivity contribution in [3.63, 3.8) is 0 Å². The highest BCUT2D eigenvalue weighted by molar-refractivity contribution is 7.80. The van der Waals surface area contributed by atoms with Crippen LogP contribution in [0.5, 0.6) is 5.75 Å². The Hall–Kier alpha value is -1.94. The van der Waals surface area contributed by atoms with Crippen molar-refractivity contribution in [1.29, 1.82) is 0 Å². The third-order valence-corrected chi connectivity index (χ3v) is 3.02. The normalized spacial score (nSPS) is 10.2. The summed E-state index contributed by atoms with van der Waals surface area (Å²) in [4.78, 5) is 12.6. The Bertz CT molecular complexity index is 567. The number of phenolic OH excluding ortho intramolecular Hbond substituents is 1. The van der Waals surface area contributed by atoms with Crippen molar-refractivity contribution in [2.75, 3.05) is 6.54 Å². The summed E-state index contributed by atoms with van der Waals surface area (Å²) in [5, 5.41) is 12.0. The van der Waals surface area contributed by atoms with Crippen LogP contribution in [0.4, 0.5) is 0 Å². The molecule has 0 aliphatic rings. The summed E-state index contributed by atoms with van der Waals surface area (Å²) in [5.41, 5.74) is 1.68. The maximum Gasteiger partial charge on any atom is 0.251 e. The van der Waals surface area contributed by atoms with E-state index in [0.717, 1.165) is 16.9 Å². The van der Waals surface area contributed by atoms with Crippen LogP contribution in [0, 0.1) is 0 Å². The Balaban J connectivity index is 1.86. The fourth-order valence-corrected chi connectivity index (χ4v) is 1.96. The second-order valence-corrected chi connectivity index (χ2v) is 4.74. The summed E-state index contributed by atoms with van der Waals surface area (Å²) in [5.74, 6) is 0.146. The highest BCUT2D eigenvalue weighted by Gasteiger charge is 2.04. The van der Waals surface area contributed by atoms with Gasteiger partial charge in [0.05, 0.1) is 0 Å². The van der Waals surface area contributed by atoms with Crippen LogP contribution in [0.3, 0.4) is 0 Å². The Morgan fingerprint density at radius 1 is 1.16 bits per heavy atom. The number of carbonyl (C=O) groups excluding carboxylic acids is 1. The molecule has 2 rings (SSSR count). The van der Waals surface area contributed by atoms with Gasteiger partial charge in [0.25, 0.3) is 5.91 Å². The summed E-state index contributed by atoms with van der Waals surface area (Å²) in [7, 11) is 0. The number of rotatable bonds is 4. The van der Waals surface area contributed by atoms with Crippen LogP contribution in [0.1, 0.15) is 15.9 Å². The maximum atomic E-state index is 11.9. The number of amides is 1. The molecule has 0 fully saturated rings. The zero-order valence-electron chi connectivity index (χ0n) is 10.3. The van der Waals surface area contributed by atoms with Crippen molar-refractivity contribution < 1.29 is 9.90 Å². The second-order valence-electron chi connectivity index (χ2n) is 4.22. The molecule has 0 aliphatic carbocycles. The highest BCUT2D eigenvalue weighted by atomic mass is 32.1. The number of hydrogen-bond acceptors (Lipinski definition) is 3. The first-order valence-electron chi connectivity index (χ1n) is 6.00. The van der Waals surface area contributed by atoms with Gasteiger partial charge in [-0.05, 0) is 42.3 Å². The second kappa shape index (κ2) is 6.29. The van der Waals surface area contributed by atoms with Gasteiger partial charge in [0.1, 0.15) is 5.75 Å². The molecule has 0 heterocycles. The quantitative estimate of drug-likeness (QED) is 0.750. The molecule has 0 bridgehead atoms. The average Bonchev–Trinajstić information content (AvgIpc) is 2.41. The third kappa shape index (κ3) is 4.03. The molecule has 98 valence electrons. The first-order chi connectivity index (χ1) is 9.15. The van der Waals surface area contributed by atoms with E-state index in [2.05, 4.69) is 17.9 Å². The van der Waals surface area contributed by atoms with Gasteiger partial charge in [-0.2, -0.15) is 0 Å². The number of phenols is 1. The van der Waals surface area contributed by atoms with Crippen LogP contribution in [-0.4, -0.2) is 17.6 Å². The first kappa shape index (κ1) is 13.5. The lowest BCUT2D eigenvalue weighted by atomic mass is 10.1. The zero-order valence-corrected chi connectivity index (χ0v) is 11.2. The SMILES string of the molecule is O=C(NCCc1ccc(O)cc1)c1cccc(S)c1. The van der Waals surface area contributed by atoms with Gasteiger partial charge in [-0.25, -0.2) is 0 Å². The summed E-state index contributed by atoms with van der Waals surface area (Å²) >= 11 is 4.20. The summed E-state index contributed by atoms with van der Waals surface area (Å²) < 4.78 is 0. The van der Waals surface area contributed by atoms with E-state index >= 15 is 0 Å². The van der Waals surface area contributed by atoms with Crippen LogP contribution in [0.25, 0.3) is 0 Å². The number of thiol groups is 1. The molecule has 0 saturated carbocycles. The Morgan fingerprint density at radius 3 is 2.58 bits per heavy atom. The maximum absolute atomic E-state index is 11.9. The summed E-state index contributed by atoms with van der Waals surface area (Å²) in [6, 6.07) is 14.1. The average molecular weight is 273 g/mol. The molecule has 1 amide bonds. The molecule has 2 aromatic rings. The van der Waals surface area contributed by atoms with Gasteiger partial charge in [0, 0.05) is 17.0 Å². The molecule has 4 heteroatoms. The topological polar surface area (TPSA) is 49.3 Å². The Morgan fingerprint density at radius 2 is 1.89 bits per heavy atom. The molecular formula is C15H15NO2S. The lowest BCUT2D eigenvalue weighted by Crippen LogP contribution is -2.25. The molecule has 0 atom stereocenters. The fourth-order valence-electron chi connectivity index (χ4n) is 1.73. The third-order valence-electron chi connectivity index (χ3n) is 2.74. The van der Waals surface area contributed by atoms with Gasteiger partial charge in [-0.1, -0.05) is 18.2 Å². The van der Waals surface area contributed by atoms with E-state index < -0.39 is 0 Å². The van der Waals surface area contributed by atoms with E-state index in [4.69, 9.17) is 5.11 Å². The predicted octanol–water partition coefficient (Wildman–Crippen LogP) is 2.65. The Kier molecular flexibility index (Phi) is 4.47. The number of hydrogen-bond donors (Lipinski definition) is 3. The minimum absolute atomic E-state index is 0.102. The molecule has 2 aromatic carbocycles. The molecule has 0 spiro atoms. The van der Waals surface area contributed by atoms with Crippen LogP contribution < -0.4 is 5.32 Å². The predicted molar refractivity (Wildman–Crippen MR) is 77.8 cm³/mol. The molecule has 0 saturated heterocycles. The van der Waals surface area contributed by atoms with Crippen molar-refractivity contribution >= 4 is 18.5 Å². The van der Waals surface area contributed by atoms with Crippen molar-refractivity contribution in [2.45, 2.75) is 11.3 Å². The minimum atomic E-state index is -0.102. The van der Waals surface area contributed by atoms with E-state index in [9.17, 15) is 4.79 Å². The molecule has 3 nitrogen and oxygen atoms in total. The molecular weight excluding hydrogens is 258 g/mol. The molecule has 19 heavy (non-hydrogen) atoms. The minimum Gasteiger partial charge on any atom is -0.508 e. The molecule has 0 aromatic heterocycles. The van der Waals surface area contributed by atoms with Gasteiger partial charge >= 0.3 is 0 Å². The van der Waals surface area contributed by atoms with Gasteiger partial charge in [0.2, 0.25) is 0 Å². The lowest BCUT2D eigenvalue weighted by Gasteiger charge is -2.06. The number of aromatic hydroxyl groups is 1. The van der Waals surface area contributed by atoms with Crippen LogP contribution in [-0.2, 0) is 6.42 Å². The zero-order chi connectivity index (χ0) is 13.7. The van der Waals surface area contributed by atoms with Crippen molar-refractivity contribution in [1.82, 2.24) is 5.32 Å². The van der Waals surface area contributed by atoms with E-state index in [1.807, 2.05) is 18.2 Å². The van der Waals surface area contributed by atoms with Crippen LogP contribution in [0.15, 0.2) is 53.4 Å². The smallest absolute Gasteiger partial charge is 0.251 e. The standard InChI is InChI=1S/C15H15NO2S/c17-13-6-4-11(5-7-13)8-9-16-15(18)12-2-1-3-14(19)10-12/h1-7,10,17,19H,8-9H2,(H,16,18). The molecule has 0 unspecified atom stereocenters. The van der Waals surface area contributed by atoms with Crippen molar-refractivity contribution in [3.8, 4) is 5.75 Å². The Labute approximate surface area is 117 Å². The number of nitrogens with one attached hydrogen (secondary N) is 1. The monoisotopic (exact) mass is 273 g/mol. The van der Waals surface area contributed by atoms with Gasteiger partial charge in [-0.15, -0.1) is 12.6 Å². The van der Waals surface area contributed by atoms with E-state index in [-0.39, 0.29) is 11.7 Å². The van der Waals surface area contributed by atoms with E-state index in [1.54, 1.807) is 30.3 Å². The van der Waals surface area contributed by atoms with E-state index in [1.165, 1.54) is 0 Å². The number of carbonyl (C=O) groups is 1. The summed E-state index contributed by atoms with van der Waals surface area (Å²) in [6.07, 6.45) is 0.729. The van der Waals surface area contributed by atoms with Crippen LogP contribution in [0.2, 0.25) is 0 Å².